The van der Waals surface area contributed by atoms with Gasteiger partial charge in [-0.3, -0.25) is 9.78 Å². The molecular formula is C22H17F3N2O3S. The van der Waals surface area contributed by atoms with Gasteiger partial charge in [0, 0.05) is 24.6 Å². The van der Waals surface area contributed by atoms with Crippen molar-refractivity contribution in [3.63, 3.8) is 0 Å². The fourth-order valence-electron chi connectivity index (χ4n) is 3.53. The highest BCUT2D eigenvalue weighted by atomic mass is 32.2. The quantitative estimate of drug-likeness (QED) is 0.601. The molecule has 5 nitrogen and oxygen atoms in total. The summed E-state index contributed by atoms with van der Waals surface area (Å²) >= 11 is 0. The SMILES string of the molecule is CS(=O)(=O)c1ccc(-c2ccccc2)c(C(=O)N2Cc3cc(C(F)(F)F)cnc3C2)c1. The zero-order valence-corrected chi connectivity index (χ0v) is 17.2. The third kappa shape index (κ3) is 4.18. The number of sulfone groups is 1. The number of aromatic nitrogens is 1. The van der Waals surface area contributed by atoms with E-state index in [0.717, 1.165) is 24.1 Å². The van der Waals surface area contributed by atoms with Gasteiger partial charge in [-0.15, -0.1) is 0 Å². The number of carbonyl (C=O) groups excluding carboxylic acids is 1. The number of fused-ring (bicyclic) bond motifs is 1. The van der Waals surface area contributed by atoms with E-state index in [9.17, 15) is 26.4 Å². The summed E-state index contributed by atoms with van der Waals surface area (Å²) < 4.78 is 63.1. The number of hydrogen-bond donors (Lipinski definition) is 0. The summed E-state index contributed by atoms with van der Waals surface area (Å²) in [5.74, 6) is -0.476. The zero-order chi connectivity index (χ0) is 22.4. The van der Waals surface area contributed by atoms with Crippen molar-refractivity contribution >= 4 is 15.7 Å². The standard InChI is InChI=1S/C22H17F3N2O3S/c1-31(29,30)17-7-8-18(14-5-3-2-4-6-14)19(10-17)21(28)27-12-15-9-16(22(23,24)25)11-26-20(15)13-27/h2-11H,12-13H2,1H3. The Labute approximate surface area is 177 Å². The van der Waals surface area contributed by atoms with Gasteiger partial charge in [0.15, 0.2) is 9.84 Å². The van der Waals surface area contributed by atoms with Crippen molar-refractivity contribution in [2.24, 2.45) is 0 Å². The van der Waals surface area contributed by atoms with Gasteiger partial charge in [-0.25, -0.2) is 8.42 Å². The van der Waals surface area contributed by atoms with Crippen LogP contribution in [0.15, 0.2) is 65.7 Å². The van der Waals surface area contributed by atoms with Crippen LogP contribution in [0.5, 0.6) is 0 Å². The number of amides is 1. The Morgan fingerprint density at radius 3 is 2.39 bits per heavy atom. The number of rotatable bonds is 3. The molecule has 0 fully saturated rings. The molecule has 0 saturated heterocycles. The molecule has 2 aromatic carbocycles. The molecule has 1 aliphatic heterocycles. The van der Waals surface area contributed by atoms with Gasteiger partial charge in [0.1, 0.15) is 0 Å². The molecule has 4 rings (SSSR count). The lowest BCUT2D eigenvalue weighted by atomic mass is 9.99. The maximum atomic E-state index is 13.4. The normalized spacial score (nSPS) is 13.9. The van der Waals surface area contributed by atoms with E-state index in [-0.39, 0.29) is 23.5 Å². The maximum Gasteiger partial charge on any atom is 0.417 e. The molecule has 0 aliphatic carbocycles. The predicted octanol–water partition coefficient (Wildman–Crippen LogP) is 4.33. The number of nitrogens with zero attached hydrogens (tertiary/aromatic N) is 2. The minimum atomic E-state index is -4.52. The fraction of sp³-hybridized carbons (Fsp3) is 0.182. The van der Waals surface area contributed by atoms with Gasteiger partial charge in [0.25, 0.3) is 5.91 Å². The molecule has 1 aromatic heterocycles. The summed E-state index contributed by atoms with van der Waals surface area (Å²) in [7, 11) is -3.57. The predicted molar refractivity (Wildman–Crippen MR) is 108 cm³/mol. The summed E-state index contributed by atoms with van der Waals surface area (Å²) in [6.45, 7) is 0.00601. The molecule has 9 heteroatoms. The van der Waals surface area contributed by atoms with Crippen molar-refractivity contribution in [3.05, 3.63) is 83.2 Å². The lowest BCUT2D eigenvalue weighted by Crippen LogP contribution is -2.26. The molecule has 0 N–H and O–H groups in total. The van der Waals surface area contributed by atoms with Crippen LogP contribution >= 0.6 is 0 Å². The van der Waals surface area contributed by atoms with Crippen LogP contribution in [0.1, 0.15) is 27.2 Å². The lowest BCUT2D eigenvalue weighted by molar-refractivity contribution is -0.137. The third-order valence-corrected chi connectivity index (χ3v) is 6.22. The van der Waals surface area contributed by atoms with E-state index in [0.29, 0.717) is 16.8 Å². The Kier molecular flexibility index (Phi) is 5.09. The van der Waals surface area contributed by atoms with Crippen molar-refractivity contribution in [2.75, 3.05) is 6.26 Å². The average Bonchev–Trinajstić information content (AvgIpc) is 3.15. The van der Waals surface area contributed by atoms with E-state index in [4.69, 9.17) is 0 Å². The van der Waals surface area contributed by atoms with Crippen LogP contribution in [0, 0.1) is 0 Å². The first-order chi connectivity index (χ1) is 14.5. The van der Waals surface area contributed by atoms with Crippen molar-refractivity contribution in [2.45, 2.75) is 24.2 Å². The molecule has 1 amide bonds. The Morgan fingerprint density at radius 2 is 1.74 bits per heavy atom. The molecule has 31 heavy (non-hydrogen) atoms. The largest absolute Gasteiger partial charge is 0.417 e. The summed E-state index contributed by atoms with van der Waals surface area (Å²) in [5, 5.41) is 0. The minimum Gasteiger partial charge on any atom is -0.328 e. The first-order valence-corrected chi connectivity index (χ1v) is 11.2. The second-order valence-electron chi connectivity index (χ2n) is 7.33. The van der Waals surface area contributed by atoms with Gasteiger partial charge in [0.05, 0.1) is 22.7 Å². The molecule has 0 atom stereocenters. The van der Waals surface area contributed by atoms with Gasteiger partial charge in [-0.05, 0) is 34.9 Å². The van der Waals surface area contributed by atoms with Gasteiger partial charge in [-0.2, -0.15) is 13.2 Å². The monoisotopic (exact) mass is 446 g/mol. The smallest absolute Gasteiger partial charge is 0.328 e. The van der Waals surface area contributed by atoms with Crippen LogP contribution in [-0.4, -0.2) is 30.5 Å². The van der Waals surface area contributed by atoms with Crippen LogP contribution in [0.4, 0.5) is 13.2 Å². The first kappa shape index (κ1) is 21.0. The number of hydrogen-bond acceptors (Lipinski definition) is 4. The molecular weight excluding hydrogens is 429 g/mol. The summed E-state index contributed by atoms with van der Waals surface area (Å²) in [6.07, 6.45) is -2.72. The Bertz CT molecular complexity index is 1270. The Hall–Kier alpha value is -3.20. The Balaban J connectivity index is 1.74. The van der Waals surface area contributed by atoms with Crippen LogP contribution in [0.3, 0.4) is 0 Å². The number of pyridine rings is 1. The van der Waals surface area contributed by atoms with Gasteiger partial charge in [0.2, 0.25) is 0 Å². The maximum absolute atomic E-state index is 13.4. The van der Waals surface area contributed by atoms with Crippen LogP contribution in [-0.2, 0) is 29.1 Å². The average molecular weight is 446 g/mol. The zero-order valence-electron chi connectivity index (χ0n) is 16.3. The van der Waals surface area contributed by atoms with Crippen LogP contribution < -0.4 is 0 Å². The van der Waals surface area contributed by atoms with Crippen molar-refractivity contribution in [1.29, 1.82) is 0 Å². The van der Waals surface area contributed by atoms with Crippen LogP contribution in [0.25, 0.3) is 11.1 Å². The van der Waals surface area contributed by atoms with Crippen LogP contribution in [0.2, 0.25) is 0 Å². The minimum absolute atomic E-state index is 0.00951. The fourth-order valence-corrected chi connectivity index (χ4v) is 4.18. The van der Waals surface area contributed by atoms with E-state index >= 15 is 0 Å². The van der Waals surface area contributed by atoms with Crippen molar-refractivity contribution in [3.8, 4) is 11.1 Å². The second-order valence-corrected chi connectivity index (χ2v) is 9.35. The van der Waals surface area contributed by atoms with Crippen molar-refractivity contribution in [1.82, 2.24) is 9.88 Å². The molecule has 0 saturated carbocycles. The first-order valence-electron chi connectivity index (χ1n) is 9.28. The van der Waals surface area contributed by atoms with E-state index in [1.54, 1.807) is 30.3 Å². The molecule has 160 valence electrons. The van der Waals surface area contributed by atoms with E-state index < -0.39 is 27.5 Å². The molecule has 0 unspecified atom stereocenters. The number of alkyl halides is 3. The Morgan fingerprint density at radius 1 is 1.03 bits per heavy atom. The summed E-state index contributed by atoms with van der Waals surface area (Å²) in [5.41, 5.74) is 1.27. The molecule has 1 aliphatic rings. The van der Waals surface area contributed by atoms with E-state index in [2.05, 4.69) is 4.98 Å². The number of carbonyl (C=O) groups is 1. The number of benzene rings is 2. The second kappa shape index (κ2) is 7.49. The highest BCUT2D eigenvalue weighted by molar-refractivity contribution is 7.90. The number of halogens is 3. The lowest BCUT2D eigenvalue weighted by Gasteiger charge is -2.18. The third-order valence-electron chi connectivity index (χ3n) is 5.11. The topological polar surface area (TPSA) is 67.3 Å². The molecule has 0 bridgehead atoms. The molecule has 0 radical (unpaired) electrons. The van der Waals surface area contributed by atoms with E-state index in [1.807, 2.05) is 6.07 Å². The molecule has 0 spiro atoms. The van der Waals surface area contributed by atoms with Crippen molar-refractivity contribution < 1.29 is 26.4 Å². The molecule has 2 heterocycles. The van der Waals surface area contributed by atoms with E-state index in [1.165, 1.54) is 17.0 Å². The van der Waals surface area contributed by atoms with Gasteiger partial charge < -0.3 is 4.90 Å². The van der Waals surface area contributed by atoms with Gasteiger partial charge >= 0.3 is 6.18 Å². The highest BCUT2D eigenvalue weighted by Gasteiger charge is 2.34. The molecule has 3 aromatic rings. The van der Waals surface area contributed by atoms with Gasteiger partial charge in [-0.1, -0.05) is 36.4 Å². The summed E-state index contributed by atoms with van der Waals surface area (Å²) in [6, 6.07) is 14.3. The highest BCUT2D eigenvalue weighted by Crippen LogP contribution is 2.34. The summed E-state index contributed by atoms with van der Waals surface area (Å²) in [4.78, 5) is 18.6.